The fraction of sp³-hybridized carbons (Fsp3) is 0. The molecule has 0 aliphatic rings. The Hall–Kier alpha value is -0.970. The third-order valence-corrected chi connectivity index (χ3v) is 1.27. The minimum absolute atomic E-state index is 0.519. The van der Waals surface area contributed by atoms with Gasteiger partial charge in [0.15, 0.2) is 0 Å². The minimum atomic E-state index is 0.519. The molecule has 52 valence electrons. The Kier molecular flexibility index (Phi) is 2.33. The molecule has 0 aliphatic heterocycles. The second kappa shape index (κ2) is 3.26. The highest BCUT2D eigenvalue weighted by molar-refractivity contribution is 9.10. The van der Waals surface area contributed by atoms with E-state index in [1.54, 1.807) is 12.1 Å². The largest absolute Gasteiger partial charge is 0.411 e. The number of rotatable bonds is 1. The molecule has 1 rings (SSSR count). The van der Waals surface area contributed by atoms with Crippen molar-refractivity contribution in [1.82, 2.24) is 10.2 Å². The third-order valence-electron chi connectivity index (χ3n) is 0.843. The van der Waals surface area contributed by atoms with E-state index in [0.29, 0.717) is 10.3 Å². The average Bonchev–Trinajstić information content (AvgIpc) is 1.95. The molecule has 0 unspecified atom stereocenters. The van der Waals surface area contributed by atoms with Gasteiger partial charge in [-0.1, -0.05) is 5.16 Å². The van der Waals surface area contributed by atoms with E-state index in [0.717, 1.165) is 0 Å². The van der Waals surface area contributed by atoms with Gasteiger partial charge < -0.3 is 5.21 Å². The van der Waals surface area contributed by atoms with Crippen LogP contribution in [0.15, 0.2) is 21.9 Å². The van der Waals surface area contributed by atoms with Crippen LogP contribution in [0.25, 0.3) is 0 Å². The van der Waals surface area contributed by atoms with Crippen LogP contribution in [0.3, 0.4) is 0 Å². The summed E-state index contributed by atoms with van der Waals surface area (Å²) in [6, 6.07) is 3.39. The van der Waals surface area contributed by atoms with Gasteiger partial charge in [0.25, 0.3) is 0 Å². The van der Waals surface area contributed by atoms with Gasteiger partial charge in [0.1, 0.15) is 10.3 Å². The molecule has 1 heterocycles. The normalized spacial score (nSPS) is 10.5. The Morgan fingerprint density at radius 2 is 2.30 bits per heavy atom. The van der Waals surface area contributed by atoms with Crippen molar-refractivity contribution in [3.05, 3.63) is 22.4 Å². The number of nitrogens with zero attached hydrogens (tertiary/aromatic N) is 3. The Bertz CT molecular complexity index is 233. The van der Waals surface area contributed by atoms with Gasteiger partial charge in [-0.15, -0.1) is 10.2 Å². The molecule has 4 nitrogen and oxygen atoms in total. The summed E-state index contributed by atoms with van der Waals surface area (Å²) in [5.41, 5.74) is 0.519. The summed E-state index contributed by atoms with van der Waals surface area (Å²) in [5.74, 6) is 0. The fourth-order valence-corrected chi connectivity index (χ4v) is 0.666. The van der Waals surface area contributed by atoms with Crippen molar-refractivity contribution < 1.29 is 5.21 Å². The second-order valence-electron chi connectivity index (χ2n) is 1.53. The maximum atomic E-state index is 8.08. The van der Waals surface area contributed by atoms with Gasteiger partial charge in [-0.2, -0.15) is 0 Å². The maximum absolute atomic E-state index is 8.08. The van der Waals surface area contributed by atoms with Crippen LogP contribution in [0, 0.1) is 0 Å². The van der Waals surface area contributed by atoms with Crippen LogP contribution in [0.4, 0.5) is 0 Å². The molecule has 0 bridgehead atoms. The van der Waals surface area contributed by atoms with Crippen LogP contribution in [0.1, 0.15) is 5.69 Å². The minimum Gasteiger partial charge on any atom is -0.411 e. The monoisotopic (exact) mass is 201 g/mol. The third kappa shape index (κ3) is 1.77. The number of hydrogen-bond acceptors (Lipinski definition) is 4. The summed E-state index contributed by atoms with van der Waals surface area (Å²) in [7, 11) is 0. The van der Waals surface area contributed by atoms with Gasteiger partial charge in [-0.05, 0) is 28.1 Å². The molecule has 0 fully saturated rings. The van der Waals surface area contributed by atoms with Gasteiger partial charge in [0.05, 0.1) is 6.21 Å². The summed E-state index contributed by atoms with van der Waals surface area (Å²) < 4.78 is 0.655. The number of aromatic nitrogens is 2. The molecule has 1 N–H and O–H groups in total. The molecule has 0 spiro atoms. The van der Waals surface area contributed by atoms with Crippen molar-refractivity contribution in [2.75, 3.05) is 0 Å². The van der Waals surface area contributed by atoms with E-state index in [2.05, 4.69) is 31.3 Å². The first-order valence-electron chi connectivity index (χ1n) is 2.49. The highest BCUT2D eigenvalue weighted by Crippen LogP contribution is 2.01. The Balaban J connectivity index is 2.89. The summed E-state index contributed by atoms with van der Waals surface area (Å²) in [4.78, 5) is 0. The van der Waals surface area contributed by atoms with Gasteiger partial charge in [-0.25, -0.2) is 0 Å². The summed E-state index contributed by atoms with van der Waals surface area (Å²) in [6.45, 7) is 0. The molecular weight excluding hydrogens is 198 g/mol. The van der Waals surface area contributed by atoms with E-state index in [4.69, 9.17) is 5.21 Å². The first-order chi connectivity index (χ1) is 4.83. The Morgan fingerprint density at radius 1 is 1.50 bits per heavy atom. The van der Waals surface area contributed by atoms with Crippen LogP contribution < -0.4 is 0 Å². The molecule has 0 saturated carbocycles. The first-order valence-corrected chi connectivity index (χ1v) is 3.29. The zero-order chi connectivity index (χ0) is 7.40. The molecular formula is C5H4BrN3O. The highest BCUT2D eigenvalue weighted by atomic mass is 79.9. The van der Waals surface area contributed by atoms with Crippen LogP contribution in [0.5, 0.6) is 0 Å². The number of oxime groups is 1. The predicted molar refractivity (Wildman–Crippen MR) is 39.1 cm³/mol. The van der Waals surface area contributed by atoms with Crippen molar-refractivity contribution in [1.29, 1.82) is 0 Å². The van der Waals surface area contributed by atoms with Gasteiger partial charge in [0, 0.05) is 0 Å². The zero-order valence-electron chi connectivity index (χ0n) is 4.90. The molecule has 0 amide bonds. The van der Waals surface area contributed by atoms with Crippen molar-refractivity contribution >= 4 is 22.1 Å². The fourth-order valence-electron chi connectivity index (χ4n) is 0.454. The summed E-state index contributed by atoms with van der Waals surface area (Å²) >= 11 is 3.12. The van der Waals surface area contributed by atoms with Crippen molar-refractivity contribution in [3.8, 4) is 0 Å². The van der Waals surface area contributed by atoms with E-state index in [1.165, 1.54) is 6.21 Å². The topological polar surface area (TPSA) is 58.4 Å². The van der Waals surface area contributed by atoms with Crippen LogP contribution in [-0.4, -0.2) is 21.6 Å². The summed E-state index contributed by atoms with van der Waals surface area (Å²) in [6.07, 6.45) is 1.21. The Morgan fingerprint density at radius 3 is 2.80 bits per heavy atom. The van der Waals surface area contributed by atoms with Gasteiger partial charge in [-0.3, -0.25) is 0 Å². The number of halogens is 1. The molecule has 1 aromatic heterocycles. The summed E-state index contributed by atoms with van der Waals surface area (Å²) in [5, 5.41) is 18.2. The van der Waals surface area contributed by atoms with E-state index in [9.17, 15) is 0 Å². The molecule has 10 heavy (non-hydrogen) atoms. The van der Waals surface area contributed by atoms with Crippen molar-refractivity contribution in [3.63, 3.8) is 0 Å². The van der Waals surface area contributed by atoms with Gasteiger partial charge >= 0.3 is 0 Å². The van der Waals surface area contributed by atoms with E-state index >= 15 is 0 Å². The smallest absolute Gasteiger partial charge is 0.128 e. The molecule has 5 heteroatoms. The predicted octanol–water partition coefficient (Wildman–Crippen LogP) is 1.05. The maximum Gasteiger partial charge on any atom is 0.128 e. The lowest BCUT2D eigenvalue weighted by molar-refractivity contribution is 0.321. The van der Waals surface area contributed by atoms with E-state index in [1.807, 2.05) is 0 Å². The van der Waals surface area contributed by atoms with Crippen LogP contribution in [-0.2, 0) is 0 Å². The lowest BCUT2D eigenvalue weighted by atomic mass is 10.4. The SMILES string of the molecule is O/N=C/c1ccc(Br)nn1. The van der Waals surface area contributed by atoms with E-state index < -0.39 is 0 Å². The average molecular weight is 202 g/mol. The standard InChI is InChI=1S/C5H4BrN3O/c6-5-2-1-4(3-7-10)8-9-5/h1-3,10H/b7-3+. The molecule has 0 saturated heterocycles. The Labute approximate surface area is 65.7 Å². The van der Waals surface area contributed by atoms with Crippen LogP contribution in [0.2, 0.25) is 0 Å². The molecule has 1 aromatic rings. The lowest BCUT2D eigenvalue weighted by Crippen LogP contribution is -1.89. The van der Waals surface area contributed by atoms with Crippen LogP contribution >= 0.6 is 15.9 Å². The zero-order valence-corrected chi connectivity index (χ0v) is 6.48. The quantitative estimate of drug-likeness (QED) is 0.420. The van der Waals surface area contributed by atoms with Crippen molar-refractivity contribution in [2.24, 2.45) is 5.16 Å². The van der Waals surface area contributed by atoms with E-state index in [-0.39, 0.29) is 0 Å². The lowest BCUT2D eigenvalue weighted by Gasteiger charge is -1.87. The van der Waals surface area contributed by atoms with Gasteiger partial charge in [0.2, 0.25) is 0 Å². The molecule has 0 atom stereocenters. The first kappa shape index (κ1) is 7.14. The molecule has 0 aliphatic carbocycles. The number of hydrogen-bond donors (Lipinski definition) is 1. The second-order valence-corrected chi connectivity index (χ2v) is 2.34. The molecule has 0 aromatic carbocycles. The molecule has 0 radical (unpaired) electrons. The van der Waals surface area contributed by atoms with Crippen molar-refractivity contribution in [2.45, 2.75) is 0 Å². The highest BCUT2D eigenvalue weighted by Gasteiger charge is 1.89.